The Morgan fingerprint density at radius 3 is 2.52 bits per heavy atom. The quantitative estimate of drug-likeness (QED) is 0.304. The summed E-state index contributed by atoms with van der Waals surface area (Å²) in [5.41, 5.74) is 9.40. The number of nitrogen functional groups attached to an aromatic ring is 1. The van der Waals surface area contributed by atoms with Crippen LogP contribution in [-0.4, -0.2) is 59.8 Å². The molecule has 9 nitrogen and oxygen atoms in total. The molecule has 2 fully saturated rings. The van der Waals surface area contributed by atoms with Crippen molar-refractivity contribution in [3.05, 3.63) is 69.6 Å². The van der Waals surface area contributed by atoms with Gasteiger partial charge < -0.3 is 25.4 Å². The fourth-order valence-electron chi connectivity index (χ4n) is 6.22. The molecule has 4 aromatic rings. The summed E-state index contributed by atoms with van der Waals surface area (Å²) >= 11 is 6.70. The average Bonchev–Trinajstić information content (AvgIpc) is 2.91. The number of anilines is 2. The van der Waals surface area contributed by atoms with Crippen LogP contribution in [-0.2, 0) is 13.0 Å². The van der Waals surface area contributed by atoms with Crippen LogP contribution < -0.4 is 26.1 Å². The molecule has 2 aromatic carbocycles. The first-order valence-corrected chi connectivity index (χ1v) is 13.8. The van der Waals surface area contributed by atoms with Crippen LogP contribution in [0.4, 0.5) is 11.6 Å². The van der Waals surface area contributed by atoms with E-state index in [1.54, 1.807) is 36.1 Å². The number of nitrogens with zero attached hydrogens (tertiary/aromatic N) is 4. The minimum atomic E-state index is -0.204. The third-order valence-electron chi connectivity index (χ3n) is 8.09. The number of ether oxygens (including phenoxy) is 2. The number of methoxy groups -OCH3 is 2. The maximum absolute atomic E-state index is 14.1. The van der Waals surface area contributed by atoms with Gasteiger partial charge in [0, 0.05) is 60.1 Å². The molecule has 2 aromatic heterocycles. The number of halogens is 1. The summed E-state index contributed by atoms with van der Waals surface area (Å²) in [6, 6.07) is 13.3. The van der Waals surface area contributed by atoms with Gasteiger partial charge in [-0.1, -0.05) is 23.7 Å². The molecule has 1 saturated heterocycles. The minimum Gasteiger partial charge on any atom is -0.497 e. The van der Waals surface area contributed by atoms with E-state index in [1.165, 1.54) is 7.11 Å². The predicted molar refractivity (Wildman–Crippen MR) is 158 cm³/mol. The number of likely N-dealkylation sites (tertiary alicyclic amines) is 1. The van der Waals surface area contributed by atoms with Gasteiger partial charge in [0.05, 0.1) is 19.2 Å². The van der Waals surface area contributed by atoms with Gasteiger partial charge in [-0.15, -0.1) is 0 Å². The Hall–Kier alpha value is -3.82. The standard InChI is InChI=1S/C30H33ClN6O3/c1-36-16-30(17-36)13-21(14-30)34-29-33-15-19-10-24(23-11-22(39-2)12-25(40-3)26(23)31)28(38)37(27(19)35-29)9-8-18-4-6-20(32)7-5-18/h4-7,10-12,15,21H,8-9,13-14,16-17,32H2,1-3H3,(H,33,34,35). The molecule has 0 atom stereocenters. The molecule has 0 radical (unpaired) electrons. The van der Waals surface area contributed by atoms with Crippen LogP contribution in [0.15, 0.2) is 53.5 Å². The van der Waals surface area contributed by atoms with E-state index in [9.17, 15) is 4.79 Å². The fraction of sp³-hybridized carbons (Fsp3) is 0.367. The highest BCUT2D eigenvalue weighted by Crippen LogP contribution is 2.48. The van der Waals surface area contributed by atoms with Crippen molar-refractivity contribution in [2.45, 2.75) is 31.8 Å². The molecular weight excluding hydrogens is 528 g/mol. The Kier molecular flexibility index (Phi) is 6.80. The normalized spacial score (nSPS) is 16.5. The number of hydrogen-bond acceptors (Lipinski definition) is 8. The largest absolute Gasteiger partial charge is 0.497 e. The third-order valence-corrected chi connectivity index (χ3v) is 8.48. The van der Waals surface area contributed by atoms with Crippen LogP contribution in [0.2, 0.25) is 5.02 Å². The lowest BCUT2D eigenvalue weighted by Gasteiger charge is -2.58. The van der Waals surface area contributed by atoms with E-state index >= 15 is 0 Å². The number of aryl methyl sites for hydroxylation is 2. The Morgan fingerprint density at radius 1 is 1.10 bits per heavy atom. The lowest BCUT2D eigenvalue weighted by Crippen LogP contribution is -2.63. The Balaban J connectivity index is 1.40. The number of nitrogens with one attached hydrogen (secondary N) is 1. The van der Waals surface area contributed by atoms with E-state index < -0.39 is 0 Å². The van der Waals surface area contributed by atoms with Crippen molar-refractivity contribution in [1.29, 1.82) is 0 Å². The van der Waals surface area contributed by atoms with Gasteiger partial charge in [-0.05, 0) is 61.6 Å². The Bertz CT molecular complexity index is 1620. The van der Waals surface area contributed by atoms with E-state index in [2.05, 4.69) is 22.2 Å². The maximum atomic E-state index is 14.1. The van der Waals surface area contributed by atoms with Gasteiger partial charge in [-0.3, -0.25) is 9.36 Å². The molecule has 2 aliphatic rings. The molecule has 3 N–H and O–H groups in total. The minimum absolute atomic E-state index is 0.204. The molecule has 6 rings (SSSR count). The zero-order chi connectivity index (χ0) is 28.0. The van der Waals surface area contributed by atoms with Crippen molar-refractivity contribution in [3.8, 4) is 22.6 Å². The summed E-state index contributed by atoms with van der Waals surface area (Å²) in [6.07, 6.45) is 4.61. The fourth-order valence-corrected chi connectivity index (χ4v) is 6.50. The number of hydrogen-bond donors (Lipinski definition) is 2. The summed E-state index contributed by atoms with van der Waals surface area (Å²) in [5.74, 6) is 1.50. The molecule has 208 valence electrons. The molecule has 1 spiro atoms. The van der Waals surface area contributed by atoms with Crippen LogP contribution in [0, 0.1) is 5.41 Å². The Morgan fingerprint density at radius 2 is 1.85 bits per heavy atom. The molecule has 3 heterocycles. The summed E-state index contributed by atoms with van der Waals surface area (Å²) < 4.78 is 12.6. The highest BCUT2D eigenvalue weighted by Gasteiger charge is 2.51. The topological polar surface area (TPSA) is 108 Å². The van der Waals surface area contributed by atoms with Crippen LogP contribution in [0.1, 0.15) is 18.4 Å². The molecule has 40 heavy (non-hydrogen) atoms. The van der Waals surface area contributed by atoms with Crippen molar-refractivity contribution >= 4 is 34.3 Å². The summed E-state index contributed by atoms with van der Waals surface area (Å²) in [6.45, 7) is 2.71. The monoisotopic (exact) mass is 560 g/mol. The van der Waals surface area contributed by atoms with E-state index in [-0.39, 0.29) is 5.56 Å². The molecule has 0 amide bonds. The third kappa shape index (κ3) is 4.84. The van der Waals surface area contributed by atoms with Gasteiger partial charge in [0.2, 0.25) is 5.95 Å². The van der Waals surface area contributed by atoms with Crippen molar-refractivity contribution in [2.24, 2.45) is 5.41 Å². The lowest BCUT2D eigenvalue weighted by atomic mass is 9.61. The highest BCUT2D eigenvalue weighted by molar-refractivity contribution is 6.35. The number of rotatable bonds is 8. The van der Waals surface area contributed by atoms with Gasteiger partial charge in [0.1, 0.15) is 17.1 Å². The molecule has 1 aliphatic carbocycles. The van der Waals surface area contributed by atoms with Gasteiger partial charge >= 0.3 is 0 Å². The highest BCUT2D eigenvalue weighted by atomic mass is 35.5. The number of fused-ring (bicyclic) bond motifs is 1. The van der Waals surface area contributed by atoms with Gasteiger partial charge in [-0.25, -0.2) is 4.98 Å². The second kappa shape index (κ2) is 10.3. The van der Waals surface area contributed by atoms with E-state index in [4.69, 9.17) is 31.8 Å². The maximum Gasteiger partial charge on any atom is 0.260 e. The van der Waals surface area contributed by atoms with Crippen molar-refractivity contribution in [3.63, 3.8) is 0 Å². The lowest BCUT2D eigenvalue weighted by molar-refractivity contribution is -0.0514. The van der Waals surface area contributed by atoms with Crippen LogP contribution in [0.5, 0.6) is 11.5 Å². The first kappa shape index (κ1) is 26.4. The smallest absolute Gasteiger partial charge is 0.260 e. The number of aromatic nitrogens is 3. The average molecular weight is 561 g/mol. The molecule has 1 aliphatic heterocycles. The molecule has 0 bridgehead atoms. The molecule has 1 saturated carbocycles. The van der Waals surface area contributed by atoms with E-state index in [1.807, 2.05) is 24.3 Å². The molecule has 10 heteroatoms. The first-order chi connectivity index (χ1) is 19.3. The predicted octanol–water partition coefficient (Wildman–Crippen LogP) is 4.46. The first-order valence-electron chi connectivity index (χ1n) is 13.4. The number of nitrogens with two attached hydrogens (primary N) is 1. The summed E-state index contributed by atoms with van der Waals surface area (Å²) in [7, 11) is 5.25. The van der Waals surface area contributed by atoms with Crippen LogP contribution in [0.25, 0.3) is 22.2 Å². The van der Waals surface area contributed by atoms with Gasteiger partial charge in [0.15, 0.2) is 0 Å². The second-order valence-electron chi connectivity index (χ2n) is 11.1. The van der Waals surface area contributed by atoms with Crippen molar-refractivity contribution < 1.29 is 9.47 Å². The summed E-state index contributed by atoms with van der Waals surface area (Å²) in [4.78, 5) is 25.9. The second-order valence-corrected chi connectivity index (χ2v) is 11.5. The van der Waals surface area contributed by atoms with Crippen LogP contribution in [0.3, 0.4) is 0 Å². The van der Waals surface area contributed by atoms with Gasteiger partial charge in [-0.2, -0.15) is 4.98 Å². The summed E-state index contributed by atoms with van der Waals surface area (Å²) in [5, 5.41) is 4.57. The van der Waals surface area contributed by atoms with Crippen molar-refractivity contribution in [1.82, 2.24) is 19.4 Å². The number of pyridine rings is 1. The van der Waals surface area contributed by atoms with E-state index in [0.717, 1.165) is 36.9 Å². The zero-order valence-corrected chi connectivity index (χ0v) is 23.7. The van der Waals surface area contributed by atoms with E-state index in [0.29, 0.717) is 69.4 Å². The van der Waals surface area contributed by atoms with Crippen molar-refractivity contribution in [2.75, 3.05) is 45.4 Å². The SMILES string of the molecule is COc1cc(OC)c(Cl)c(-c2cc3cnc(NC4CC5(C4)CN(C)C5)nc3n(CCc3ccc(N)cc3)c2=O)c1. The van der Waals surface area contributed by atoms with Gasteiger partial charge in [0.25, 0.3) is 5.56 Å². The Labute approximate surface area is 237 Å². The zero-order valence-electron chi connectivity index (χ0n) is 22.9. The van der Waals surface area contributed by atoms with Crippen LogP contribution >= 0.6 is 11.6 Å². The molecular formula is C30H33ClN6O3. The number of benzene rings is 2. The molecule has 0 unspecified atom stereocenters.